The molecule has 25 heavy (non-hydrogen) atoms. The molecule has 0 saturated heterocycles. The molecule has 5 heteroatoms. The van der Waals surface area contributed by atoms with Crippen LogP contribution in [0.3, 0.4) is 0 Å². The third-order valence-electron chi connectivity index (χ3n) is 5.04. The Balaban J connectivity index is 1.43. The van der Waals surface area contributed by atoms with E-state index in [2.05, 4.69) is 52.1 Å². The molecule has 0 radical (unpaired) electrons. The standard InChI is InChI=1S/C20H25N5/c1-23-20(17-7-3-2-4-8-17)18-9-15-24(16-10-19(18)22-23)12-6-14-25-13-5-11-21-25/h2-5,7-8,11,13H,6,9-10,12,14-16H2,1H3. The lowest BCUT2D eigenvalue weighted by Gasteiger charge is -2.19. The molecule has 5 nitrogen and oxygen atoms in total. The van der Waals surface area contributed by atoms with Crippen LogP contribution in [0.2, 0.25) is 0 Å². The molecule has 1 aliphatic heterocycles. The lowest BCUT2D eigenvalue weighted by molar-refractivity contribution is 0.275. The minimum absolute atomic E-state index is 0.991. The lowest BCUT2D eigenvalue weighted by atomic mass is 10.0. The highest BCUT2D eigenvalue weighted by molar-refractivity contribution is 5.64. The van der Waals surface area contributed by atoms with Crippen LogP contribution >= 0.6 is 0 Å². The smallest absolute Gasteiger partial charge is 0.0714 e. The summed E-state index contributed by atoms with van der Waals surface area (Å²) >= 11 is 0. The van der Waals surface area contributed by atoms with Crippen molar-refractivity contribution in [2.45, 2.75) is 25.8 Å². The second-order valence-corrected chi connectivity index (χ2v) is 6.73. The van der Waals surface area contributed by atoms with Crippen molar-refractivity contribution in [3.8, 4) is 11.3 Å². The van der Waals surface area contributed by atoms with Crippen molar-refractivity contribution >= 4 is 0 Å². The van der Waals surface area contributed by atoms with E-state index in [-0.39, 0.29) is 0 Å². The van der Waals surface area contributed by atoms with Crippen molar-refractivity contribution in [3.05, 3.63) is 60.0 Å². The molecule has 0 amide bonds. The molecule has 1 aromatic carbocycles. The van der Waals surface area contributed by atoms with Crippen molar-refractivity contribution in [1.82, 2.24) is 24.5 Å². The van der Waals surface area contributed by atoms with Crippen LogP contribution in [0.25, 0.3) is 11.3 Å². The van der Waals surface area contributed by atoms with Crippen LogP contribution in [0.4, 0.5) is 0 Å². The summed E-state index contributed by atoms with van der Waals surface area (Å²) in [5.74, 6) is 0. The zero-order chi connectivity index (χ0) is 17.1. The van der Waals surface area contributed by atoms with Crippen molar-refractivity contribution in [2.75, 3.05) is 19.6 Å². The number of nitrogens with zero attached hydrogens (tertiary/aromatic N) is 5. The van der Waals surface area contributed by atoms with E-state index < -0.39 is 0 Å². The summed E-state index contributed by atoms with van der Waals surface area (Å²) in [5, 5.41) is 9.10. The number of fused-ring (bicyclic) bond motifs is 1. The Labute approximate surface area is 148 Å². The SMILES string of the molecule is Cn1nc2c(c1-c1ccccc1)CCN(CCCn1cccn1)CC2. The summed E-state index contributed by atoms with van der Waals surface area (Å²) < 4.78 is 4.08. The number of hydrogen-bond acceptors (Lipinski definition) is 3. The molecule has 1 aliphatic rings. The predicted molar refractivity (Wildman–Crippen MR) is 99.3 cm³/mol. The molecule has 3 heterocycles. The maximum absolute atomic E-state index is 4.82. The summed E-state index contributed by atoms with van der Waals surface area (Å²) in [7, 11) is 2.07. The first-order valence-electron chi connectivity index (χ1n) is 9.11. The van der Waals surface area contributed by atoms with Crippen LogP contribution in [-0.2, 0) is 26.4 Å². The largest absolute Gasteiger partial charge is 0.303 e. The Morgan fingerprint density at radius 1 is 1.00 bits per heavy atom. The van der Waals surface area contributed by atoms with Gasteiger partial charge in [-0.1, -0.05) is 30.3 Å². The molecule has 4 rings (SSSR count). The van der Waals surface area contributed by atoms with Gasteiger partial charge in [-0.3, -0.25) is 9.36 Å². The van der Waals surface area contributed by atoms with Crippen molar-refractivity contribution in [2.24, 2.45) is 7.05 Å². The van der Waals surface area contributed by atoms with Crippen molar-refractivity contribution in [1.29, 1.82) is 0 Å². The van der Waals surface area contributed by atoms with Gasteiger partial charge in [0, 0.05) is 56.6 Å². The van der Waals surface area contributed by atoms with Gasteiger partial charge in [0.1, 0.15) is 0 Å². The lowest BCUT2D eigenvalue weighted by Crippen LogP contribution is -2.28. The van der Waals surface area contributed by atoms with E-state index in [1.54, 1.807) is 0 Å². The Hall–Kier alpha value is -2.40. The van der Waals surface area contributed by atoms with Gasteiger partial charge in [0.25, 0.3) is 0 Å². The molecule has 0 atom stereocenters. The average Bonchev–Trinajstić information content (AvgIpc) is 3.20. The molecular formula is C20H25N5. The van der Waals surface area contributed by atoms with Crippen molar-refractivity contribution in [3.63, 3.8) is 0 Å². The van der Waals surface area contributed by atoms with Gasteiger partial charge in [-0.05, 0) is 25.5 Å². The first-order chi connectivity index (χ1) is 12.3. The molecule has 0 bridgehead atoms. The Morgan fingerprint density at radius 2 is 1.84 bits per heavy atom. The number of aromatic nitrogens is 4. The summed E-state index contributed by atoms with van der Waals surface area (Å²) in [5.41, 5.74) is 5.26. The maximum Gasteiger partial charge on any atom is 0.0714 e. The first-order valence-corrected chi connectivity index (χ1v) is 9.11. The zero-order valence-electron chi connectivity index (χ0n) is 14.8. The third-order valence-corrected chi connectivity index (χ3v) is 5.04. The van der Waals surface area contributed by atoms with E-state index in [9.17, 15) is 0 Å². The van der Waals surface area contributed by atoms with Crippen LogP contribution in [0, 0.1) is 0 Å². The van der Waals surface area contributed by atoms with Gasteiger partial charge in [0.15, 0.2) is 0 Å². The molecule has 0 N–H and O–H groups in total. The van der Waals surface area contributed by atoms with E-state index in [1.807, 2.05) is 23.1 Å². The average molecular weight is 335 g/mol. The van der Waals surface area contributed by atoms with Crippen LogP contribution < -0.4 is 0 Å². The Morgan fingerprint density at radius 3 is 2.64 bits per heavy atom. The van der Waals surface area contributed by atoms with Gasteiger partial charge >= 0.3 is 0 Å². The fourth-order valence-electron chi connectivity index (χ4n) is 3.80. The molecule has 0 saturated carbocycles. The molecule has 2 aromatic heterocycles. The number of hydrogen-bond donors (Lipinski definition) is 0. The summed E-state index contributed by atoms with van der Waals surface area (Å²) in [4.78, 5) is 2.57. The van der Waals surface area contributed by atoms with Crippen LogP contribution in [0.15, 0.2) is 48.8 Å². The third kappa shape index (κ3) is 3.51. The Kier molecular flexibility index (Phi) is 4.65. The normalized spacial score (nSPS) is 15.1. The van der Waals surface area contributed by atoms with Gasteiger partial charge in [0.05, 0.1) is 11.4 Å². The number of rotatable bonds is 5. The number of benzene rings is 1. The number of aryl methyl sites for hydroxylation is 2. The molecule has 130 valence electrons. The second-order valence-electron chi connectivity index (χ2n) is 6.73. The highest BCUT2D eigenvalue weighted by Crippen LogP contribution is 2.28. The van der Waals surface area contributed by atoms with Gasteiger partial charge < -0.3 is 4.90 Å². The van der Waals surface area contributed by atoms with Gasteiger partial charge in [0.2, 0.25) is 0 Å². The van der Waals surface area contributed by atoms with Crippen LogP contribution in [-0.4, -0.2) is 44.1 Å². The summed E-state index contributed by atoms with van der Waals surface area (Å²) in [6.45, 7) is 4.32. The van der Waals surface area contributed by atoms with Gasteiger partial charge in [-0.2, -0.15) is 10.2 Å². The molecule has 0 unspecified atom stereocenters. The van der Waals surface area contributed by atoms with Crippen molar-refractivity contribution < 1.29 is 0 Å². The zero-order valence-corrected chi connectivity index (χ0v) is 14.8. The monoisotopic (exact) mass is 335 g/mol. The minimum Gasteiger partial charge on any atom is -0.303 e. The summed E-state index contributed by atoms with van der Waals surface area (Å²) in [6.07, 6.45) is 7.14. The van der Waals surface area contributed by atoms with E-state index in [0.29, 0.717) is 0 Å². The van der Waals surface area contributed by atoms with E-state index in [4.69, 9.17) is 5.10 Å². The fraction of sp³-hybridized carbons (Fsp3) is 0.400. The predicted octanol–water partition coefficient (Wildman–Crippen LogP) is 2.77. The van der Waals surface area contributed by atoms with E-state index >= 15 is 0 Å². The van der Waals surface area contributed by atoms with E-state index in [1.165, 1.54) is 22.5 Å². The molecule has 0 spiro atoms. The first kappa shape index (κ1) is 16.1. The fourth-order valence-corrected chi connectivity index (χ4v) is 3.80. The minimum atomic E-state index is 0.991. The quantitative estimate of drug-likeness (QED) is 0.720. The topological polar surface area (TPSA) is 38.9 Å². The molecule has 0 aliphatic carbocycles. The second kappa shape index (κ2) is 7.23. The highest BCUT2D eigenvalue weighted by Gasteiger charge is 2.21. The van der Waals surface area contributed by atoms with Crippen LogP contribution in [0.1, 0.15) is 17.7 Å². The van der Waals surface area contributed by atoms with Gasteiger partial charge in [-0.25, -0.2) is 0 Å². The highest BCUT2D eigenvalue weighted by atomic mass is 15.3. The van der Waals surface area contributed by atoms with E-state index in [0.717, 1.165) is 45.4 Å². The maximum atomic E-state index is 4.82. The van der Waals surface area contributed by atoms with Crippen LogP contribution in [0.5, 0.6) is 0 Å². The Bertz CT molecular complexity index is 804. The molecular weight excluding hydrogens is 310 g/mol. The summed E-state index contributed by atoms with van der Waals surface area (Å²) in [6, 6.07) is 12.6. The molecule has 0 fully saturated rings. The molecule has 3 aromatic rings. The van der Waals surface area contributed by atoms with Gasteiger partial charge in [-0.15, -0.1) is 0 Å².